The lowest BCUT2D eigenvalue weighted by molar-refractivity contribution is -0.116. The monoisotopic (exact) mass is 512 g/mol. The standard InChI is InChI=1S/C26H21FN8OS/c1-2-3-4-22(36)31-15-9-14(11-28-12-15)18-10-16-19(13-30-18)34-35-23(16)26-32-17-7-8-29-25(24(17)33-26)20-5-6-21(27)37-20/h5-13H,2-4H2,1H3,(H,31,36)(H,32,33)(H,34,35). The van der Waals surface area contributed by atoms with E-state index >= 15 is 0 Å². The van der Waals surface area contributed by atoms with Gasteiger partial charge in [-0.3, -0.25) is 24.8 Å². The van der Waals surface area contributed by atoms with Gasteiger partial charge in [0.2, 0.25) is 5.91 Å². The summed E-state index contributed by atoms with van der Waals surface area (Å²) in [6.45, 7) is 2.05. The lowest BCUT2D eigenvalue weighted by atomic mass is 10.1. The van der Waals surface area contributed by atoms with Crippen LogP contribution in [0.1, 0.15) is 26.2 Å². The lowest BCUT2D eigenvalue weighted by Gasteiger charge is -2.07. The Hall–Kier alpha value is -4.51. The maximum atomic E-state index is 13.6. The van der Waals surface area contributed by atoms with Crippen molar-refractivity contribution in [2.24, 2.45) is 0 Å². The van der Waals surface area contributed by atoms with Crippen LogP contribution < -0.4 is 5.32 Å². The first-order valence-electron chi connectivity index (χ1n) is 11.8. The number of hydrogen-bond acceptors (Lipinski definition) is 7. The Balaban J connectivity index is 1.37. The van der Waals surface area contributed by atoms with Crippen molar-refractivity contribution in [3.05, 3.63) is 60.3 Å². The molecule has 0 unspecified atom stereocenters. The van der Waals surface area contributed by atoms with E-state index in [2.05, 4.69) is 35.5 Å². The normalized spacial score (nSPS) is 11.4. The molecule has 0 aliphatic rings. The average Bonchev–Trinajstić information content (AvgIpc) is 3.64. The summed E-state index contributed by atoms with van der Waals surface area (Å²) in [4.78, 5) is 34.2. The zero-order valence-corrected chi connectivity index (χ0v) is 20.6. The molecule has 0 aromatic carbocycles. The predicted octanol–water partition coefficient (Wildman–Crippen LogP) is 5.95. The molecule has 9 nitrogen and oxygen atoms in total. The fraction of sp³-hybridized carbons (Fsp3) is 0.154. The van der Waals surface area contributed by atoms with E-state index in [1.54, 1.807) is 30.9 Å². The van der Waals surface area contributed by atoms with Gasteiger partial charge >= 0.3 is 0 Å². The number of imidazole rings is 1. The summed E-state index contributed by atoms with van der Waals surface area (Å²) in [5.41, 5.74) is 5.45. The number of nitrogens with one attached hydrogen (secondary N) is 3. The van der Waals surface area contributed by atoms with Crippen LogP contribution in [-0.2, 0) is 4.79 Å². The number of fused-ring (bicyclic) bond motifs is 2. The maximum Gasteiger partial charge on any atom is 0.224 e. The second kappa shape index (κ2) is 9.51. The Labute approximate surface area is 214 Å². The van der Waals surface area contributed by atoms with Gasteiger partial charge in [-0.05, 0) is 36.8 Å². The van der Waals surface area contributed by atoms with Crippen LogP contribution in [0.25, 0.3) is 55.3 Å². The minimum Gasteiger partial charge on any atom is -0.336 e. The first kappa shape index (κ1) is 22.9. The van der Waals surface area contributed by atoms with Crippen LogP contribution in [-0.4, -0.2) is 41.0 Å². The first-order chi connectivity index (χ1) is 18.1. The highest BCUT2D eigenvalue weighted by Gasteiger charge is 2.18. The van der Waals surface area contributed by atoms with Gasteiger partial charge in [0, 0.05) is 29.8 Å². The zero-order chi connectivity index (χ0) is 25.4. The van der Waals surface area contributed by atoms with E-state index in [-0.39, 0.29) is 11.0 Å². The fourth-order valence-electron chi connectivity index (χ4n) is 4.13. The van der Waals surface area contributed by atoms with Crippen molar-refractivity contribution in [1.82, 2.24) is 35.1 Å². The molecule has 184 valence electrons. The average molecular weight is 513 g/mol. The van der Waals surface area contributed by atoms with Gasteiger partial charge in [-0.25, -0.2) is 4.98 Å². The van der Waals surface area contributed by atoms with Gasteiger partial charge in [0.15, 0.2) is 11.0 Å². The van der Waals surface area contributed by atoms with Crippen LogP contribution in [0.15, 0.2) is 55.1 Å². The molecule has 6 aromatic rings. The van der Waals surface area contributed by atoms with Crippen molar-refractivity contribution in [1.29, 1.82) is 0 Å². The third kappa shape index (κ3) is 4.45. The number of thiophene rings is 1. The Bertz CT molecular complexity index is 1750. The number of halogens is 1. The molecule has 6 aromatic heterocycles. The van der Waals surface area contributed by atoms with Gasteiger partial charge in [-0.2, -0.15) is 9.49 Å². The topological polar surface area (TPSA) is 125 Å². The molecular weight excluding hydrogens is 491 g/mol. The van der Waals surface area contributed by atoms with Gasteiger partial charge in [0.05, 0.1) is 39.7 Å². The number of anilines is 1. The molecule has 11 heteroatoms. The van der Waals surface area contributed by atoms with Crippen LogP contribution in [0.3, 0.4) is 0 Å². The summed E-state index contributed by atoms with van der Waals surface area (Å²) in [5, 5.41) is 10.9. The summed E-state index contributed by atoms with van der Waals surface area (Å²) < 4.78 is 13.6. The molecule has 0 aliphatic heterocycles. The van der Waals surface area contributed by atoms with Crippen LogP contribution in [0, 0.1) is 5.13 Å². The van der Waals surface area contributed by atoms with Crippen LogP contribution in [0.5, 0.6) is 0 Å². The van der Waals surface area contributed by atoms with Gasteiger partial charge < -0.3 is 10.3 Å². The molecule has 0 saturated carbocycles. The number of amides is 1. The number of unbranched alkanes of at least 4 members (excludes halogenated alkanes) is 1. The first-order valence-corrected chi connectivity index (χ1v) is 12.6. The molecule has 6 rings (SSSR count). The van der Waals surface area contributed by atoms with E-state index in [9.17, 15) is 9.18 Å². The third-order valence-corrected chi connectivity index (χ3v) is 6.83. The van der Waals surface area contributed by atoms with Crippen LogP contribution >= 0.6 is 11.3 Å². The van der Waals surface area contributed by atoms with E-state index in [4.69, 9.17) is 4.98 Å². The van der Waals surface area contributed by atoms with Gasteiger partial charge in [0.1, 0.15) is 16.9 Å². The molecule has 1 amide bonds. The van der Waals surface area contributed by atoms with Gasteiger partial charge in [-0.15, -0.1) is 11.3 Å². The highest BCUT2D eigenvalue weighted by Crippen LogP contribution is 2.33. The van der Waals surface area contributed by atoms with Crippen molar-refractivity contribution in [2.45, 2.75) is 26.2 Å². The molecular formula is C26H21FN8OS. The SMILES string of the molecule is CCCCC(=O)Nc1cncc(-c2cc3c(-c4nc5c(-c6ccc(F)s6)nccc5[nH]4)n[nH]c3cn2)c1. The van der Waals surface area contributed by atoms with Crippen molar-refractivity contribution in [2.75, 3.05) is 5.32 Å². The molecule has 0 radical (unpaired) electrons. The second-order valence-electron chi connectivity index (χ2n) is 8.55. The summed E-state index contributed by atoms with van der Waals surface area (Å²) in [7, 11) is 0. The number of carbonyl (C=O) groups is 1. The van der Waals surface area contributed by atoms with E-state index in [0.717, 1.165) is 46.2 Å². The molecule has 0 aliphatic carbocycles. The molecule has 37 heavy (non-hydrogen) atoms. The minimum atomic E-state index is -0.276. The van der Waals surface area contributed by atoms with E-state index in [1.165, 1.54) is 6.07 Å². The van der Waals surface area contributed by atoms with E-state index in [0.29, 0.717) is 45.4 Å². The van der Waals surface area contributed by atoms with Crippen molar-refractivity contribution >= 4 is 44.9 Å². The smallest absolute Gasteiger partial charge is 0.224 e. The Morgan fingerprint density at radius 2 is 2.00 bits per heavy atom. The Kier molecular flexibility index (Phi) is 5.89. The zero-order valence-electron chi connectivity index (χ0n) is 19.7. The number of H-pyrrole nitrogens is 2. The fourth-order valence-corrected chi connectivity index (χ4v) is 4.86. The molecule has 0 saturated heterocycles. The molecule has 3 N–H and O–H groups in total. The summed E-state index contributed by atoms with van der Waals surface area (Å²) in [6, 6.07) is 8.71. The second-order valence-corrected chi connectivity index (χ2v) is 9.58. The predicted molar refractivity (Wildman–Crippen MR) is 141 cm³/mol. The van der Waals surface area contributed by atoms with Crippen LogP contribution in [0.4, 0.5) is 10.1 Å². The van der Waals surface area contributed by atoms with Gasteiger partial charge in [0.25, 0.3) is 0 Å². The van der Waals surface area contributed by atoms with Crippen molar-refractivity contribution in [3.8, 4) is 33.3 Å². The largest absolute Gasteiger partial charge is 0.336 e. The molecule has 6 heterocycles. The number of carbonyl (C=O) groups excluding carboxylic acids is 1. The van der Waals surface area contributed by atoms with Crippen LogP contribution in [0.2, 0.25) is 0 Å². The summed E-state index contributed by atoms with van der Waals surface area (Å²) >= 11 is 1.03. The number of nitrogens with zero attached hydrogens (tertiary/aromatic N) is 5. The number of rotatable bonds is 7. The number of aromatic amines is 2. The number of aromatic nitrogens is 7. The number of pyridine rings is 3. The van der Waals surface area contributed by atoms with E-state index < -0.39 is 0 Å². The Morgan fingerprint density at radius 1 is 1.08 bits per heavy atom. The highest BCUT2D eigenvalue weighted by molar-refractivity contribution is 7.13. The molecule has 0 fully saturated rings. The van der Waals surface area contributed by atoms with Crippen molar-refractivity contribution < 1.29 is 9.18 Å². The van der Waals surface area contributed by atoms with E-state index in [1.807, 2.05) is 25.1 Å². The van der Waals surface area contributed by atoms with Crippen molar-refractivity contribution in [3.63, 3.8) is 0 Å². The van der Waals surface area contributed by atoms with Gasteiger partial charge in [-0.1, -0.05) is 13.3 Å². The quantitative estimate of drug-likeness (QED) is 0.243. The number of hydrogen-bond donors (Lipinski definition) is 3. The third-order valence-electron chi connectivity index (χ3n) is 5.95. The summed E-state index contributed by atoms with van der Waals surface area (Å²) in [5.74, 6) is 0.519. The molecule has 0 bridgehead atoms. The molecule has 0 spiro atoms. The maximum absolute atomic E-state index is 13.6. The highest BCUT2D eigenvalue weighted by atomic mass is 32.1. The Morgan fingerprint density at radius 3 is 2.84 bits per heavy atom. The lowest BCUT2D eigenvalue weighted by Crippen LogP contribution is -2.11. The minimum absolute atomic E-state index is 0.0367. The molecule has 0 atom stereocenters. The summed E-state index contributed by atoms with van der Waals surface area (Å²) in [6.07, 6.45) is 8.96.